The van der Waals surface area contributed by atoms with E-state index < -0.39 is 0 Å². The predicted molar refractivity (Wildman–Crippen MR) is 58.6 cm³/mol. The van der Waals surface area contributed by atoms with Crippen LogP contribution in [0.15, 0.2) is 24.5 Å². The van der Waals surface area contributed by atoms with Crippen LogP contribution in [0.3, 0.4) is 0 Å². The Morgan fingerprint density at radius 2 is 1.92 bits per heavy atom. The molecule has 0 saturated heterocycles. The molecule has 1 aromatic heterocycles. The molecule has 2 atom stereocenters. The first-order valence-corrected chi connectivity index (χ1v) is 4.73. The fourth-order valence-corrected chi connectivity index (χ4v) is 1.41. The molecular weight excluding hydrogens is 180 g/mol. The molecule has 0 radical (unpaired) electrons. The summed E-state index contributed by atoms with van der Waals surface area (Å²) in [4.78, 5) is 4.54. The minimum absolute atomic E-state index is 0.234. The van der Waals surface area contributed by atoms with Crippen molar-refractivity contribution < 1.29 is 0 Å². The molecule has 70 valence electrons. The molecule has 0 fully saturated rings. The van der Waals surface area contributed by atoms with Crippen molar-refractivity contribution in [2.45, 2.75) is 19.8 Å². The van der Waals surface area contributed by atoms with Gasteiger partial charge in [-0.3, -0.25) is 4.98 Å². The third-order valence-corrected chi connectivity index (χ3v) is 2.80. The van der Waals surface area contributed by atoms with E-state index in [2.05, 4.69) is 11.9 Å². The van der Waals surface area contributed by atoms with Gasteiger partial charge in [-0.2, -0.15) is 0 Å². The van der Waals surface area contributed by atoms with Crippen LogP contribution in [-0.2, 0) is 0 Å². The van der Waals surface area contributed by atoms with E-state index in [4.69, 9.17) is 18.0 Å². The molecule has 2 N–H and O–H groups in total. The predicted octanol–water partition coefficient (Wildman–Crippen LogP) is 2.11. The van der Waals surface area contributed by atoms with Gasteiger partial charge >= 0.3 is 0 Å². The Morgan fingerprint density at radius 1 is 1.38 bits per heavy atom. The summed E-state index contributed by atoms with van der Waals surface area (Å²) in [6.07, 6.45) is 3.58. The lowest BCUT2D eigenvalue weighted by atomic mass is 9.90. The summed E-state index contributed by atoms with van der Waals surface area (Å²) in [6, 6.07) is 4.00. The molecule has 0 aromatic carbocycles. The van der Waals surface area contributed by atoms with Crippen molar-refractivity contribution in [3.63, 3.8) is 0 Å². The van der Waals surface area contributed by atoms with Gasteiger partial charge in [0.1, 0.15) is 0 Å². The number of hydrogen-bond donors (Lipinski definition) is 1. The van der Waals surface area contributed by atoms with Crippen LogP contribution in [0.1, 0.15) is 25.3 Å². The summed E-state index contributed by atoms with van der Waals surface area (Å²) in [5.41, 5.74) is 6.82. The maximum Gasteiger partial charge on any atom is 0.0761 e. The maximum atomic E-state index is 5.59. The molecule has 3 heteroatoms. The third kappa shape index (κ3) is 2.49. The van der Waals surface area contributed by atoms with Gasteiger partial charge in [0.2, 0.25) is 0 Å². The van der Waals surface area contributed by atoms with Crippen LogP contribution in [0.25, 0.3) is 0 Å². The summed E-state index contributed by atoms with van der Waals surface area (Å²) in [6.45, 7) is 4.17. The summed E-state index contributed by atoms with van der Waals surface area (Å²) in [7, 11) is 0. The summed E-state index contributed by atoms with van der Waals surface area (Å²) in [5, 5.41) is 0. The molecule has 1 heterocycles. The molecule has 1 aromatic rings. The molecular formula is C10H14N2S. The van der Waals surface area contributed by atoms with Crippen molar-refractivity contribution in [1.82, 2.24) is 4.98 Å². The first-order chi connectivity index (χ1) is 6.13. The number of thiocarbonyl (C=S) groups is 1. The monoisotopic (exact) mass is 194 g/mol. The molecule has 0 aliphatic rings. The second-order valence-corrected chi connectivity index (χ2v) is 3.73. The average molecular weight is 194 g/mol. The van der Waals surface area contributed by atoms with Crippen LogP contribution in [-0.4, -0.2) is 9.97 Å². The van der Waals surface area contributed by atoms with Crippen LogP contribution in [0.4, 0.5) is 0 Å². The molecule has 0 aliphatic carbocycles. The van der Waals surface area contributed by atoms with Crippen LogP contribution in [0, 0.1) is 5.92 Å². The zero-order chi connectivity index (χ0) is 9.84. The molecule has 0 spiro atoms. The van der Waals surface area contributed by atoms with Crippen LogP contribution in [0.5, 0.6) is 0 Å². The Morgan fingerprint density at radius 3 is 2.38 bits per heavy atom. The van der Waals surface area contributed by atoms with E-state index in [-0.39, 0.29) is 5.92 Å². The highest BCUT2D eigenvalue weighted by Crippen LogP contribution is 2.23. The van der Waals surface area contributed by atoms with Gasteiger partial charge in [0.15, 0.2) is 0 Å². The third-order valence-electron chi connectivity index (χ3n) is 2.43. The van der Waals surface area contributed by atoms with E-state index in [0.29, 0.717) is 10.9 Å². The minimum atomic E-state index is 0.234. The number of pyridine rings is 1. The Kier molecular flexibility index (Phi) is 3.37. The largest absolute Gasteiger partial charge is 0.393 e. The van der Waals surface area contributed by atoms with Crippen LogP contribution < -0.4 is 5.73 Å². The van der Waals surface area contributed by atoms with Crippen LogP contribution >= 0.6 is 12.2 Å². The number of hydrogen-bond acceptors (Lipinski definition) is 2. The second-order valence-electron chi connectivity index (χ2n) is 3.26. The van der Waals surface area contributed by atoms with Gasteiger partial charge in [-0.1, -0.05) is 26.1 Å². The van der Waals surface area contributed by atoms with Crippen molar-refractivity contribution in [3.05, 3.63) is 30.1 Å². The highest BCUT2D eigenvalue weighted by Gasteiger charge is 2.15. The first-order valence-electron chi connectivity index (χ1n) is 4.32. The Bertz CT molecular complexity index is 284. The first kappa shape index (κ1) is 10.1. The Hall–Kier alpha value is -0.960. The lowest BCUT2D eigenvalue weighted by Gasteiger charge is -2.18. The van der Waals surface area contributed by atoms with E-state index in [1.165, 1.54) is 5.56 Å². The number of nitrogens with zero attached hydrogens (tertiary/aromatic N) is 1. The number of rotatable bonds is 3. The lowest BCUT2D eigenvalue weighted by molar-refractivity contribution is 0.626. The van der Waals surface area contributed by atoms with Crippen molar-refractivity contribution in [2.24, 2.45) is 11.7 Å². The lowest BCUT2D eigenvalue weighted by Crippen LogP contribution is -2.23. The van der Waals surface area contributed by atoms with Gasteiger partial charge in [0.05, 0.1) is 4.99 Å². The topological polar surface area (TPSA) is 38.9 Å². The van der Waals surface area contributed by atoms with E-state index in [1.807, 2.05) is 19.1 Å². The maximum absolute atomic E-state index is 5.59. The summed E-state index contributed by atoms with van der Waals surface area (Å²) in [5.74, 6) is 0.595. The summed E-state index contributed by atoms with van der Waals surface area (Å²) >= 11 is 4.96. The zero-order valence-corrected chi connectivity index (χ0v) is 8.71. The quantitative estimate of drug-likeness (QED) is 0.749. The van der Waals surface area contributed by atoms with Crippen molar-refractivity contribution >= 4 is 17.2 Å². The molecule has 0 saturated carbocycles. The van der Waals surface area contributed by atoms with Gasteiger partial charge in [-0.25, -0.2) is 0 Å². The van der Waals surface area contributed by atoms with Crippen LogP contribution in [0.2, 0.25) is 0 Å². The number of aromatic nitrogens is 1. The van der Waals surface area contributed by atoms with E-state index in [1.54, 1.807) is 12.4 Å². The smallest absolute Gasteiger partial charge is 0.0761 e. The molecule has 0 amide bonds. The molecule has 2 nitrogen and oxygen atoms in total. The van der Waals surface area contributed by atoms with Gasteiger partial charge in [0.25, 0.3) is 0 Å². The van der Waals surface area contributed by atoms with Gasteiger partial charge in [-0.15, -0.1) is 0 Å². The molecule has 1 rings (SSSR count). The Labute approximate surface area is 84.2 Å². The minimum Gasteiger partial charge on any atom is -0.393 e. The van der Waals surface area contributed by atoms with E-state index in [0.717, 1.165) is 0 Å². The SMILES string of the molecule is CC(C(N)=S)C(C)c1ccncc1. The highest BCUT2D eigenvalue weighted by atomic mass is 32.1. The summed E-state index contributed by atoms with van der Waals surface area (Å²) < 4.78 is 0. The average Bonchev–Trinajstić information content (AvgIpc) is 2.17. The van der Waals surface area contributed by atoms with E-state index in [9.17, 15) is 0 Å². The fourth-order valence-electron chi connectivity index (χ4n) is 1.20. The standard InChI is InChI=1S/C10H14N2S/c1-7(8(2)10(11)13)9-3-5-12-6-4-9/h3-8H,1-2H3,(H2,11,13). The second kappa shape index (κ2) is 4.33. The fraction of sp³-hybridized carbons (Fsp3) is 0.400. The molecule has 13 heavy (non-hydrogen) atoms. The molecule has 0 aliphatic heterocycles. The normalized spacial score (nSPS) is 14.9. The molecule has 0 bridgehead atoms. The van der Waals surface area contributed by atoms with E-state index >= 15 is 0 Å². The van der Waals surface area contributed by atoms with Crippen molar-refractivity contribution in [2.75, 3.05) is 0 Å². The van der Waals surface area contributed by atoms with Gasteiger partial charge in [0, 0.05) is 18.3 Å². The highest BCUT2D eigenvalue weighted by molar-refractivity contribution is 7.80. The Balaban J connectivity index is 2.79. The molecule has 2 unspecified atom stereocenters. The van der Waals surface area contributed by atoms with Gasteiger partial charge < -0.3 is 5.73 Å². The van der Waals surface area contributed by atoms with Crippen molar-refractivity contribution in [3.8, 4) is 0 Å². The van der Waals surface area contributed by atoms with Crippen molar-refractivity contribution in [1.29, 1.82) is 0 Å². The zero-order valence-electron chi connectivity index (χ0n) is 7.90. The van der Waals surface area contributed by atoms with Gasteiger partial charge in [-0.05, 0) is 23.6 Å². The number of nitrogens with two attached hydrogens (primary N) is 1.